The lowest BCUT2D eigenvalue weighted by Gasteiger charge is -2.06. The summed E-state index contributed by atoms with van der Waals surface area (Å²) >= 11 is 0. The maximum Gasteiger partial charge on any atom is 0.338 e. The van der Waals surface area contributed by atoms with Gasteiger partial charge in [0.25, 0.3) is 11.2 Å². The monoisotopic (exact) mass is 339 g/mol. The van der Waals surface area contributed by atoms with Crippen molar-refractivity contribution in [2.75, 3.05) is 0 Å². The van der Waals surface area contributed by atoms with Crippen molar-refractivity contribution >= 4 is 17.3 Å². The smallest absolute Gasteiger partial charge is 0.338 e. The lowest BCUT2D eigenvalue weighted by molar-refractivity contribution is -0.384. The van der Waals surface area contributed by atoms with Crippen molar-refractivity contribution in [2.45, 2.75) is 13.5 Å². The summed E-state index contributed by atoms with van der Waals surface area (Å²) in [6.07, 6.45) is 1.68. The molecule has 0 saturated heterocycles. The summed E-state index contributed by atoms with van der Waals surface area (Å²) in [4.78, 5) is 38.4. The van der Waals surface area contributed by atoms with Crippen molar-refractivity contribution < 1.29 is 14.5 Å². The molecule has 2 heterocycles. The van der Waals surface area contributed by atoms with E-state index in [1.165, 1.54) is 34.7 Å². The van der Waals surface area contributed by atoms with Gasteiger partial charge >= 0.3 is 5.97 Å². The molecule has 0 N–H and O–H groups in total. The average molecular weight is 339 g/mol. The number of nitro groups is 1. The molecule has 3 aromatic rings. The molecule has 126 valence electrons. The van der Waals surface area contributed by atoms with Crippen molar-refractivity contribution in [3.8, 4) is 0 Å². The van der Waals surface area contributed by atoms with Gasteiger partial charge in [-0.25, -0.2) is 9.78 Å². The number of hydrogen-bond donors (Lipinski definition) is 0. The number of rotatable bonds is 4. The molecule has 0 aliphatic rings. The standard InChI is InChI=1S/C17H13N3O5/c1-11-2-7-15-18-13(8-16(21)19(15)9-11)10-25-17(22)12-3-5-14(6-4-12)20(23)24/h2-9H,10H2,1H3. The Labute approximate surface area is 141 Å². The highest BCUT2D eigenvalue weighted by Gasteiger charge is 2.12. The fraction of sp³-hybridized carbons (Fsp3) is 0.118. The maximum absolute atomic E-state index is 12.1. The van der Waals surface area contributed by atoms with Gasteiger partial charge in [0.2, 0.25) is 0 Å². The van der Waals surface area contributed by atoms with Gasteiger partial charge in [-0.1, -0.05) is 6.07 Å². The van der Waals surface area contributed by atoms with Gasteiger partial charge in [0, 0.05) is 24.4 Å². The predicted octanol–water partition coefficient (Wildman–Crippen LogP) is 2.27. The minimum atomic E-state index is -0.652. The number of aryl methyl sites for hydroxylation is 1. The molecule has 0 unspecified atom stereocenters. The Bertz CT molecular complexity index is 1020. The average Bonchev–Trinajstić information content (AvgIpc) is 2.60. The van der Waals surface area contributed by atoms with Crippen LogP contribution in [0.1, 0.15) is 21.6 Å². The number of non-ortho nitro benzene ring substituents is 1. The highest BCUT2D eigenvalue weighted by molar-refractivity contribution is 5.89. The van der Waals surface area contributed by atoms with Gasteiger partial charge in [0.05, 0.1) is 16.2 Å². The molecular weight excluding hydrogens is 326 g/mol. The summed E-state index contributed by atoms with van der Waals surface area (Å²) < 4.78 is 6.54. The van der Waals surface area contributed by atoms with Crippen LogP contribution in [-0.4, -0.2) is 20.3 Å². The Morgan fingerprint density at radius 3 is 2.64 bits per heavy atom. The minimum Gasteiger partial charge on any atom is -0.456 e. The molecule has 0 radical (unpaired) electrons. The molecule has 3 rings (SSSR count). The summed E-state index contributed by atoms with van der Waals surface area (Å²) in [6.45, 7) is 1.70. The normalized spacial score (nSPS) is 10.6. The summed E-state index contributed by atoms with van der Waals surface area (Å²) in [7, 11) is 0. The van der Waals surface area contributed by atoms with E-state index in [0.717, 1.165) is 5.56 Å². The van der Waals surface area contributed by atoms with Crippen LogP contribution in [0.15, 0.2) is 53.5 Å². The van der Waals surface area contributed by atoms with Crippen molar-refractivity contribution in [1.82, 2.24) is 9.38 Å². The number of fused-ring (bicyclic) bond motifs is 1. The van der Waals surface area contributed by atoms with Crippen LogP contribution >= 0.6 is 0 Å². The third-order valence-corrected chi connectivity index (χ3v) is 3.53. The fourth-order valence-corrected chi connectivity index (χ4v) is 2.27. The molecule has 0 aliphatic carbocycles. The molecule has 0 saturated carbocycles. The van der Waals surface area contributed by atoms with E-state index in [0.29, 0.717) is 11.3 Å². The summed E-state index contributed by atoms with van der Waals surface area (Å²) in [6, 6.07) is 9.90. The van der Waals surface area contributed by atoms with Crippen LogP contribution in [0.5, 0.6) is 0 Å². The Morgan fingerprint density at radius 2 is 1.96 bits per heavy atom. The van der Waals surface area contributed by atoms with Gasteiger partial charge in [-0.3, -0.25) is 19.3 Å². The zero-order valence-electron chi connectivity index (χ0n) is 13.2. The summed E-state index contributed by atoms with van der Waals surface area (Å²) in [5.74, 6) is -0.652. The van der Waals surface area contributed by atoms with Gasteiger partial charge in [-0.05, 0) is 30.7 Å². The zero-order chi connectivity index (χ0) is 18.0. The predicted molar refractivity (Wildman–Crippen MR) is 88.4 cm³/mol. The second-order valence-electron chi connectivity index (χ2n) is 5.40. The topological polar surface area (TPSA) is 104 Å². The summed E-state index contributed by atoms with van der Waals surface area (Å²) in [5.41, 5.74) is 1.50. The van der Waals surface area contributed by atoms with Gasteiger partial charge in [-0.15, -0.1) is 0 Å². The van der Waals surface area contributed by atoms with E-state index < -0.39 is 10.9 Å². The third kappa shape index (κ3) is 3.52. The van der Waals surface area contributed by atoms with Crippen LogP contribution in [-0.2, 0) is 11.3 Å². The van der Waals surface area contributed by atoms with E-state index in [2.05, 4.69) is 4.98 Å². The van der Waals surface area contributed by atoms with Crippen molar-refractivity contribution in [3.63, 3.8) is 0 Å². The molecule has 0 atom stereocenters. The molecule has 0 aliphatic heterocycles. The molecule has 0 bridgehead atoms. The first-order chi connectivity index (χ1) is 11.9. The molecular formula is C17H13N3O5. The van der Waals surface area contributed by atoms with Crippen LogP contribution in [0.2, 0.25) is 0 Å². The fourth-order valence-electron chi connectivity index (χ4n) is 2.27. The molecule has 0 fully saturated rings. The number of hydrogen-bond acceptors (Lipinski definition) is 6. The highest BCUT2D eigenvalue weighted by atomic mass is 16.6. The summed E-state index contributed by atoms with van der Waals surface area (Å²) in [5, 5.41) is 10.6. The molecule has 0 amide bonds. The lowest BCUT2D eigenvalue weighted by atomic mass is 10.2. The molecule has 8 nitrogen and oxygen atoms in total. The van der Waals surface area contributed by atoms with Crippen molar-refractivity contribution in [2.24, 2.45) is 0 Å². The number of pyridine rings is 1. The van der Waals surface area contributed by atoms with Gasteiger partial charge in [-0.2, -0.15) is 0 Å². The second kappa shape index (κ2) is 6.52. The number of carbonyl (C=O) groups excluding carboxylic acids is 1. The lowest BCUT2D eigenvalue weighted by Crippen LogP contribution is -2.16. The third-order valence-electron chi connectivity index (χ3n) is 3.53. The second-order valence-corrected chi connectivity index (χ2v) is 5.40. The number of nitrogens with zero attached hydrogens (tertiary/aromatic N) is 3. The van der Waals surface area contributed by atoms with E-state index in [1.54, 1.807) is 12.3 Å². The van der Waals surface area contributed by atoms with Crippen LogP contribution in [0, 0.1) is 17.0 Å². The van der Waals surface area contributed by atoms with Crippen LogP contribution < -0.4 is 5.56 Å². The van der Waals surface area contributed by atoms with Gasteiger partial charge < -0.3 is 4.74 Å². The van der Waals surface area contributed by atoms with Crippen LogP contribution in [0.25, 0.3) is 5.65 Å². The maximum atomic E-state index is 12.1. The first-order valence-corrected chi connectivity index (χ1v) is 7.34. The SMILES string of the molecule is Cc1ccc2nc(COC(=O)c3ccc([N+](=O)[O-])cc3)cc(=O)n2c1. The molecule has 25 heavy (non-hydrogen) atoms. The number of benzene rings is 1. The van der Waals surface area contributed by atoms with Gasteiger partial charge in [0.15, 0.2) is 0 Å². The first kappa shape index (κ1) is 16.3. The first-order valence-electron chi connectivity index (χ1n) is 7.34. The van der Waals surface area contributed by atoms with Crippen molar-refractivity contribution in [3.05, 3.63) is 86.0 Å². The number of nitro benzene ring substituents is 1. The molecule has 0 spiro atoms. The Balaban J connectivity index is 1.75. The van der Waals surface area contributed by atoms with E-state index in [4.69, 9.17) is 4.74 Å². The Kier molecular flexibility index (Phi) is 4.25. The number of ether oxygens (including phenoxy) is 1. The van der Waals surface area contributed by atoms with E-state index in [9.17, 15) is 19.7 Å². The zero-order valence-corrected chi connectivity index (χ0v) is 13.2. The van der Waals surface area contributed by atoms with Crippen molar-refractivity contribution in [1.29, 1.82) is 0 Å². The van der Waals surface area contributed by atoms with E-state index in [1.807, 2.05) is 13.0 Å². The van der Waals surface area contributed by atoms with Crippen LogP contribution in [0.4, 0.5) is 5.69 Å². The largest absolute Gasteiger partial charge is 0.456 e. The van der Waals surface area contributed by atoms with E-state index >= 15 is 0 Å². The van der Waals surface area contributed by atoms with Gasteiger partial charge in [0.1, 0.15) is 12.3 Å². The number of esters is 1. The van der Waals surface area contributed by atoms with Crippen LogP contribution in [0.3, 0.4) is 0 Å². The molecule has 2 aromatic heterocycles. The Morgan fingerprint density at radius 1 is 1.24 bits per heavy atom. The number of aromatic nitrogens is 2. The minimum absolute atomic E-state index is 0.115. The molecule has 8 heteroatoms. The highest BCUT2D eigenvalue weighted by Crippen LogP contribution is 2.13. The Hall–Kier alpha value is -3.55. The quantitative estimate of drug-likeness (QED) is 0.410. The number of carbonyl (C=O) groups is 1. The van der Waals surface area contributed by atoms with E-state index in [-0.39, 0.29) is 23.4 Å². The molecule has 1 aromatic carbocycles.